The lowest BCUT2D eigenvalue weighted by atomic mass is 10.3. The van der Waals surface area contributed by atoms with Gasteiger partial charge in [-0.3, -0.25) is 4.72 Å². The lowest BCUT2D eigenvalue weighted by Crippen LogP contribution is -2.18. The SMILES string of the molecule is CCCCS(=O)(=O)Nc1ccc(F)c(F)c1F. The number of sulfonamides is 1. The number of hydrogen-bond acceptors (Lipinski definition) is 2. The molecule has 0 aliphatic rings. The van der Waals surface area contributed by atoms with Crippen LogP contribution in [-0.4, -0.2) is 14.2 Å². The Balaban J connectivity index is 2.93. The highest BCUT2D eigenvalue weighted by Crippen LogP contribution is 2.20. The average Bonchev–Trinajstić information content (AvgIpc) is 2.27. The molecule has 7 heteroatoms. The van der Waals surface area contributed by atoms with Crippen LogP contribution in [0.2, 0.25) is 0 Å². The summed E-state index contributed by atoms with van der Waals surface area (Å²) in [6.45, 7) is 1.80. The highest BCUT2D eigenvalue weighted by molar-refractivity contribution is 7.92. The molecular weight excluding hydrogens is 255 g/mol. The number of halogens is 3. The maximum absolute atomic E-state index is 13.2. The van der Waals surface area contributed by atoms with Gasteiger partial charge in [-0.15, -0.1) is 0 Å². The number of rotatable bonds is 5. The van der Waals surface area contributed by atoms with Gasteiger partial charge < -0.3 is 0 Å². The van der Waals surface area contributed by atoms with Crippen molar-refractivity contribution in [2.45, 2.75) is 19.8 Å². The zero-order valence-corrected chi connectivity index (χ0v) is 9.95. The molecule has 1 aromatic carbocycles. The van der Waals surface area contributed by atoms with E-state index < -0.39 is 33.2 Å². The van der Waals surface area contributed by atoms with E-state index in [0.29, 0.717) is 18.9 Å². The number of nitrogens with one attached hydrogen (secondary N) is 1. The van der Waals surface area contributed by atoms with Crippen LogP contribution in [-0.2, 0) is 10.0 Å². The van der Waals surface area contributed by atoms with Gasteiger partial charge in [-0.25, -0.2) is 21.6 Å². The number of unbranched alkanes of at least 4 members (excludes halogenated alkanes) is 1. The van der Waals surface area contributed by atoms with Gasteiger partial charge in [0.05, 0.1) is 11.4 Å². The van der Waals surface area contributed by atoms with Gasteiger partial charge in [0.1, 0.15) is 0 Å². The van der Waals surface area contributed by atoms with E-state index in [1.165, 1.54) is 0 Å². The highest BCUT2D eigenvalue weighted by atomic mass is 32.2. The normalized spacial score (nSPS) is 11.5. The highest BCUT2D eigenvalue weighted by Gasteiger charge is 2.17. The third-order valence-corrected chi connectivity index (χ3v) is 3.42. The fourth-order valence-electron chi connectivity index (χ4n) is 1.16. The summed E-state index contributed by atoms with van der Waals surface area (Å²) in [4.78, 5) is 0. The van der Waals surface area contributed by atoms with Crippen molar-refractivity contribution in [2.75, 3.05) is 10.5 Å². The Kier molecular flexibility index (Phi) is 4.39. The van der Waals surface area contributed by atoms with Crippen molar-refractivity contribution in [3.05, 3.63) is 29.6 Å². The largest absolute Gasteiger partial charge is 0.280 e. The third kappa shape index (κ3) is 3.62. The van der Waals surface area contributed by atoms with Crippen LogP contribution < -0.4 is 4.72 Å². The predicted octanol–water partition coefficient (Wildman–Crippen LogP) is 2.65. The summed E-state index contributed by atoms with van der Waals surface area (Å²) in [5, 5.41) is 0. The molecule has 1 aromatic rings. The summed E-state index contributed by atoms with van der Waals surface area (Å²) in [7, 11) is -3.73. The minimum absolute atomic E-state index is 0.193. The molecule has 3 nitrogen and oxygen atoms in total. The molecule has 0 heterocycles. The van der Waals surface area contributed by atoms with Crippen molar-refractivity contribution in [1.82, 2.24) is 0 Å². The summed E-state index contributed by atoms with van der Waals surface area (Å²) in [5.74, 6) is -4.79. The van der Waals surface area contributed by atoms with Gasteiger partial charge >= 0.3 is 0 Å². The first kappa shape index (κ1) is 13.8. The van der Waals surface area contributed by atoms with Gasteiger partial charge in [0.2, 0.25) is 10.0 Å². The standard InChI is InChI=1S/C10H12F3NO2S/c1-2-3-6-17(15,16)14-8-5-4-7(11)9(12)10(8)13/h4-5,14H,2-3,6H2,1H3. The Bertz CT molecular complexity index is 503. The average molecular weight is 267 g/mol. The quantitative estimate of drug-likeness (QED) is 0.834. The second-order valence-electron chi connectivity index (χ2n) is 3.50. The van der Waals surface area contributed by atoms with Crippen molar-refractivity contribution < 1.29 is 21.6 Å². The molecule has 0 saturated carbocycles. The molecule has 0 aromatic heterocycles. The molecule has 0 fully saturated rings. The van der Waals surface area contributed by atoms with Crippen LogP contribution in [0.1, 0.15) is 19.8 Å². The lowest BCUT2D eigenvalue weighted by Gasteiger charge is -2.08. The van der Waals surface area contributed by atoms with Crippen molar-refractivity contribution >= 4 is 15.7 Å². The van der Waals surface area contributed by atoms with Crippen LogP contribution in [0, 0.1) is 17.5 Å². The molecule has 0 bridgehead atoms. The monoisotopic (exact) mass is 267 g/mol. The number of benzene rings is 1. The number of anilines is 1. The van der Waals surface area contributed by atoms with Crippen molar-refractivity contribution in [1.29, 1.82) is 0 Å². The molecule has 1 rings (SSSR count). The minimum atomic E-state index is -3.73. The fourth-order valence-corrected chi connectivity index (χ4v) is 2.42. The van der Waals surface area contributed by atoms with Gasteiger partial charge in [0, 0.05) is 0 Å². The van der Waals surface area contributed by atoms with E-state index in [9.17, 15) is 21.6 Å². The van der Waals surface area contributed by atoms with Gasteiger partial charge in [-0.05, 0) is 18.6 Å². The van der Waals surface area contributed by atoms with Crippen molar-refractivity contribution in [3.63, 3.8) is 0 Å². The van der Waals surface area contributed by atoms with E-state index >= 15 is 0 Å². The molecule has 0 unspecified atom stereocenters. The summed E-state index contributed by atoms with van der Waals surface area (Å²) >= 11 is 0. The molecule has 0 spiro atoms. The van der Waals surface area contributed by atoms with E-state index in [2.05, 4.69) is 0 Å². The Morgan fingerprint density at radius 2 is 1.82 bits per heavy atom. The first-order valence-corrected chi connectivity index (χ1v) is 6.66. The van der Waals surface area contributed by atoms with Crippen LogP contribution in [0.3, 0.4) is 0 Å². The summed E-state index contributed by atoms with van der Waals surface area (Å²) in [6, 6.07) is 1.51. The molecular formula is C10H12F3NO2S. The van der Waals surface area contributed by atoms with Crippen LogP contribution in [0.25, 0.3) is 0 Å². The third-order valence-electron chi connectivity index (χ3n) is 2.07. The van der Waals surface area contributed by atoms with Crippen molar-refractivity contribution in [2.24, 2.45) is 0 Å². The number of hydrogen-bond donors (Lipinski definition) is 1. The summed E-state index contributed by atoms with van der Waals surface area (Å²) in [5.41, 5.74) is -0.583. The van der Waals surface area contributed by atoms with Crippen molar-refractivity contribution in [3.8, 4) is 0 Å². The fraction of sp³-hybridized carbons (Fsp3) is 0.400. The topological polar surface area (TPSA) is 46.2 Å². The second kappa shape index (κ2) is 5.39. The van der Waals surface area contributed by atoms with Gasteiger partial charge in [0.15, 0.2) is 17.5 Å². The molecule has 0 saturated heterocycles. The van der Waals surface area contributed by atoms with E-state index in [1.807, 2.05) is 4.72 Å². The maximum Gasteiger partial charge on any atom is 0.232 e. The molecule has 96 valence electrons. The van der Waals surface area contributed by atoms with Gasteiger partial charge in [-0.2, -0.15) is 0 Å². The molecule has 0 atom stereocenters. The van der Waals surface area contributed by atoms with Crippen LogP contribution in [0.15, 0.2) is 12.1 Å². The summed E-state index contributed by atoms with van der Waals surface area (Å²) < 4.78 is 63.3. The Morgan fingerprint density at radius 3 is 2.41 bits per heavy atom. The zero-order valence-electron chi connectivity index (χ0n) is 9.13. The van der Waals surface area contributed by atoms with E-state index in [-0.39, 0.29) is 5.75 Å². The second-order valence-corrected chi connectivity index (χ2v) is 5.34. The van der Waals surface area contributed by atoms with Crippen LogP contribution >= 0.6 is 0 Å². The minimum Gasteiger partial charge on any atom is -0.280 e. The van der Waals surface area contributed by atoms with Gasteiger partial charge in [-0.1, -0.05) is 13.3 Å². The predicted molar refractivity (Wildman–Crippen MR) is 58.6 cm³/mol. The summed E-state index contributed by atoms with van der Waals surface area (Å²) in [6.07, 6.45) is 1.06. The lowest BCUT2D eigenvalue weighted by molar-refractivity contribution is 0.449. The Labute approximate surface area is 97.7 Å². The molecule has 0 aliphatic heterocycles. The Hall–Kier alpha value is -1.24. The zero-order chi connectivity index (χ0) is 13.1. The maximum atomic E-state index is 13.2. The molecule has 0 radical (unpaired) electrons. The molecule has 17 heavy (non-hydrogen) atoms. The first-order chi connectivity index (χ1) is 7.87. The van der Waals surface area contributed by atoms with Gasteiger partial charge in [0.25, 0.3) is 0 Å². The van der Waals surface area contributed by atoms with Crippen LogP contribution in [0.4, 0.5) is 18.9 Å². The van der Waals surface area contributed by atoms with E-state index in [1.54, 1.807) is 6.92 Å². The molecule has 1 N–H and O–H groups in total. The molecule has 0 amide bonds. The molecule has 0 aliphatic carbocycles. The first-order valence-electron chi connectivity index (χ1n) is 5.01. The smallest absolute Gasteiger partial charge is 0.232 e. The van der Waals surface area contributed by atoms with E-state index in [4.69, 9.17) is 0 Å². The van der Waals surface area contributed by atoms with Crippen LogP contribution in [0.5, 0.6) is 0 Å². The Morgan fingerprint density at radius 1 is 1.18 bits per heavy atom. The van der Waals surface area contributed by atoms with E-state index in [0.717, 1.165) is 6.07 Å².